The van der Waals surface area contributed by atoms with Gasteiger partial charge in [0.05, 0.1) is 11.4 Å². The minimum absolute atomic E-state index is 0. The Morgan fingerprint density at radius 2 is 1.13 bits per heavy atom. The number of pyridine rings is 1. The summed E-state index contributed by atoms with van der Waals surface area (Å²) in [6.45, 7) is 4.16. The zero-order valence-electron chi connectivity index (χ0n) is 16.1. The van der Waals surface area contributed by atoms with Gasteiger partial charge in [0, 0.05) is 0 Å². The van der Waals surface area contributed by atoms with Crippen LogP contribution in [0.3, 0.4) is 0 Å². The predicted molar refractivity (Wildman–Crippen MR) is 106 cm³/mol. The standard InChI is InChI=1S/C21H17N5.3ClH.Fe/c1-12-6-3-8-14-18(12)25-20(23-14)16-10-5-11-17(22-16)21-24-15-9-4-7-13(2)19(15)26-21;;;;/h3-11,18-19H,1-2H3;3*1H;/q;;;;+3/p-3. The van der Waals surface area contributed by atoms with Crippen LogP contribution >= 0.6 is 0 Å². The minimum Gasteiger partial charge on any atom is -1.00 e. The predicted octanol–water partition coefficient (Wildman–Crippen LogP) is -5.74. The van der Waals surface area contributed by atoms with Crippen molar-refractivity contribution >= 4 is 23.1 Å². The zero-order chi connectivity index (χ0) is 17.7. The quantitative estimate of drug-likeness (QED) is 0.373. The molecule has 2 aliphatic heterocycles. The number of amidine groups is 2. The van der Waals surface area contributed by atoms with E-state index in [1.54, 1.807) is 0 Å². The first-order chi connectivity index (χ1) is 12.7. The molecule has 2 atom stereocenters. The minimum atomic E-state index is 0. The van der Waals surface area contributed by atoms with Crippen molar-refractivity contribution in [2.75, 3.05) is 0 Å². The molecule has 5 rings (SSSR count). The van der Waals surface area contributed by atoms with Crippen molar-refractivity contribution < 1.29 is 54.3 Å². The molecule has 0 bridgehead atoms. The van der Waals surface area contributed by atoms with Crippen LogP contribution in [-0.4, -0.2) is 40.2 Å². The van der Waals surface area contributed by atoms with E-state index in [0.717, 1.165) is 22.8 Å². The molecule has 9 heteroatoms. The van der Waals surface area contributed by atoms with Gasteiger partial charge >= 0.3 is 17.1 Å². The first-order valence-electron chi connectivity index (χ1n) is 8.69. The third-order valence-electron chi connectivity index (χ3n) is 4.86. The number of rotatable bonds is 2. The molecule has 1 aromatic heterocycles. The van der Waals surface area contributed by atoms with Gasteiger partial charge in [-0.15, -0.1) is 0 Å². The average Bonchev–Trinajstić information content (AvgIpc) is 3.28. The molecule has 155 valence electrons. The van der Waals surface area contributed by atoms with Crippen molar-refractivity contribution in [2.24, 2.45) is 20.0 Å². The molecule has 3 heterocycles. The number of halogens is 3. The summed E-state index contributed by atoms with van der Waals surface area (Å²) in [5.41, 5.74) is 5.85. The van der Waals surface area contributed by atoms with Gasteiger partial charge in [-0.1, -0.05) is 30.4 Å². The van der Waals surface area contributed by atoms with Crippen LogP contribution in [-0.2, 0) is 17.1 Å². The summed E-state index contributed by atoms with van der Waals surface area (Å²) in [5, 5.41) is 0. The van der Waals surface area contributed by atoms with E-state index in [-0.39, 0.29) is 66.4 Å². The molecule has 0 saturated carbocycles. The largest absolute Gasteiger partial charge is 3.00 e. The van der Waals surface area contributed by atoms with E-state index in [2.05, 4.69) is 36.0 Å². The van der Waals surface area contributed by atoms with Gasteiger partial charge in [-0.3, -0.25) is 9.98 Å². The monoisotopic (exact) mass is 500 g/mol. The Hall–Kier alpha value is -1.82. The van der Waals surface area contributed by atoms with E-state index in [4.69, 9.17) is 15.0 Å². The van der Waals surface area contributed by atoms with E-state index in [0.29, 0.717) is 11.7 Å². The van der Waals surface area contributed by atoms with Crippen LogP contribution < -0.4 is 37.2 Å². The Kier molecular flexibility index (Phi) is 9.15. The van der Waals surface area contributed by atoms with Gasteiger partial charge in [0.15, 0.2) is 11.7 Å². The van der Waals surface area contributed by atoms with Gasteiger partial charge in [-0.2, -0.15) is 0 Å². The molecular weight excluding hydrogens is 484 g/mol. The van der Waals surface area contributed by atoms with Crippen molar-refractivity contribution in [3.63, 3.8) is 0 Å². The number of hydrogen-bond acceptors (Lipinski definition) is 5. The second-order valence-corrected chi connectivity index (χ2v) is 6.73. The Balaban J connectivity index is 0.00000112. The summed E-state index contributed by atoms with van der Waals surface area (Å²) in [5.74, 6) is 1.34. The van der Waals surface area contributed by atoms with Crippen LogP contribution in [0, 0.1) is 0 Å². The molecule has 2 aliphatic carbocycles. The van der Waals surface area contributed by atoms with Crippen molar-refractivity contribution in [3.05, 3.63) is 77.2 Å². The number of hydrogen-bond donors (Lipinski definition) is 0. The Morgan fingerprint density at radius 3 is 1.53 bits per heavy atom. The third-order valence-corrected chi connectivity index (χ3v) is 4.86. The second kappa shape index (κ2) is 10.5. The molecule has 4 aliphatic rings. The summed E-state index contributed by atoms with van der Waals surface area (Å²) >= 11 is 0. The fourth-order valence-electron chi connectivity index (χ4n) is 3.44. The molecular formula is C21H17Cl3FeN5. The molecule has 30 heavy (non-hydrogen) atoms. The molecule has 1 radical (unpaired) electrons. The van der Waals surface area contributed by atoms with Gasteiger partial charge in [0.1, 0.15) is 23.5 Å². The van der Waals surface area contributed by atoms with Crippen molar-refractivity contribution in [1.82, 2.24) is 4.98 Å². The maximum Gasteiger partial charge on any atom is 3.00 e. The van der Waals surface area contributed by atoms with E-state index >= 15 is 0 Å². The van der Waals surface area contributed by atoms with Crippen molar-refractivity contribution in [2.45, 2.75) is 25.9 Å². The topological polar surface area (TPSA) is 62.3 Å². The average molecular weight is 502 g/mol. The molecule has 0 saturated heterocycles. The summed E-state index contributed by atoms with van der Waals surface area (Å²) in [7, 11) is 0. The molecule has 2 unspecified atom stereocenters. The van der Waals surface area contributed by atoms with Gasteiger partial charge in [0.25, 0.3) is 0 Å². The molecule has 0 spiro atoms. The fraction of sp³-hybridized carbons (Fsp3) is 0.190. The maximum atomic E-state index is 4.75. The van der Waals surface area contributed by atoms with Gasteiger partial charge in [0.2, 0.25) is 0 Å². The molecule has 0 amide bonds. The molecule has 0 N–H and O–H groups in total. The van der Waals surface area contributed by atoms with Gasteiger partial charge in [-0.25, -0.2) is 15.0 Å². The Labute approximate surface area is 204 Å². The smallest absolute Gasteiger partial charge is 1.00 e. The van der Waals surface area contributed by atoms with Gasteiger partial charge < -0.3 is 37.2 Å². The third kappa shape index (κ3) is 4.58. The normalized spacial score (nSPS) is 22.2. The molecule has 0 fully saturated rings. The first-order valence-corrected chi connectivity index (χ1v) is 8.69. The summed E-state index contributed by atoms with van der Waals surface area (Å²) < 4.78 is 0. The Bertz CT molecular complexity index is 999. The van der Waals surface area contributed by atoms with Crippen molar-refractivity contribution in [3.8, 4) is 0 Å². The van der Waals surface area contributed by atoms with E-state index in [1.807, 2.05) is 42.5 Å². The SMILES string of the molecule is CC1=CC=CC2=NC(c3cccc(C4=NC5C(C)=CC=CC5=N4)n3)=NC12.[Cl-].[Cl-].[Cl-].[Fe+3]. The zero-order valence-corrected chi connectivity index (χ0v) is 19.4. The van der Waals surface area contributed by atoms with Crippen molar-refractivity contribution in [1.29, 1.82) is 0 Å². The number of aromatic nitrogens is 1. The van der Waals surface area contributed by atoms with Crippen LogP contribution in [0.4, 0.5) is 0 Å². The second-order valence-electron chi connectivity index (χ2n) is 6.73. The van der Waals surface area contributed by atoms with Gasteiger partial charge in [-0.05, 0) is 49.3 Å². The summed E-state index contributed by atoms with van der Waals surface area (Å²) in [4.78, 5) is 23.6. The van der Waals surface area contributed by atoms with Crippen LogP contribution in [0.15, 0.2) is 85.8 Å². The molecule has 1 aromatic rings. The fourth-order valence-corrected chi connectivity index (χ4v) is 3.44. The number of allylic oxidation sites excluding steroid dienone is 4. The molecule has 5 nitrogen and oxygen atoms in total. The number of aliphatic imine (C=N–C) groups is 4. The van der Waals surface area contributed by atoms with Crippen LogP contribution in [0.2, 0.25) is 0 Å². The van der Waals surface area contributed by atoms with Crippen LogP contribution in [0.5, 0.6) is 0 Å². The summed E-state index contributed by atoms with van der Waals surface area (Å²) in [6, 6.07) is 5.88. The van der Waals surface area contributed by atoms with E-state index in [1.165, 1.54) is 11.1 Å². The number of nitrogens with zero attached hydrogens (tertiary/aromatic N) is 5. The maximum absolute atomic E-state index is 4.75. The Morgan fingerprint density at radius 1 is 0.700 bits per heavy atom. The van der Waals surface area contributed by atoms with Crippen LogP contribution in [0.25, 0.3) is 0 Å². The van der Waals surface area contributed by atoms with E-state index < -0.39 is 0 Å². The molecule has 0 aromatic carbocycles. The summed E-state index contributed by atoms with van der Waals surface area (Å²) in [6.07, 6.45) is 12.2. The first kappa shape index (κ1) is 26.2. The van der Waals surface area contributed by atoms with E-state index in [9.17, 15) is 0 Å². The number of fused-ring (bicyclic) bond motifs is 2. The van der Waals surface area contributed by atoms with Crippen LogP contribution in [0.1, 0.15) is 25.2 Å².